The molecule has 3 rings (SSSR count). The smallest absolute Gasteiger partial charge is 0.139 e. The maximum Gasteiger partial charge on any atom is 0.139 e. The van der Waals surface area contributed by atoms with Crippen molar-refractivity contribution in [1.29, 1.82) is 0 Å². The first-order valence-electron chi connectivity index (χ1n) is 6.73. The first-order chi connectivity index (χ1) is 9.93. The molecule has 2 aromatic heterocycles. The van der Waals surface area contributed by atoms with Gasteiger partial charge in [0.2, 0.25) is 0 Å². The minimum absolute atomic E-state index is 0.926. The molecule has 0 saturated heterocycles. The van der Waals surface area contributed by atoms with Gasteiger partial charge in [-0.3, -0.25) is 0 Å². The predicted octanol–water partition coefficient (Wildman–Crippen LogP) is 3.40. The van der Waals surface area contributed by atoms with Gasteiger partial charge in [0.25, 0.3) is 0 Å². The van der Waals surface area contributed by atoms with E-state index in [9.17, 15) is 0 Å². The molecule has 4 heteroatoms. The van der Waals surface area contributed by atoms with Crippen molar-refractivity contribution in [2.75, 3.05) is 6.54 Å². The zero-order valence-corrected chi connectivity index (χ0v) is 12.0. The molecule has 0 aliphatic heterocycles. The number of nitrogens with one attached hydrogen (secondary N) is 1. The summed E-state index contributed by atoms with van der Waals surface area (Å²) >= 11 is 1.79. The van der Waals surface area contributed by atoms with E-state index in [0.717, 1.165) is 31.0 Å². The average molecular weight is 283 g/mol. The van der Waals surface area contributed by atoms with Crippen LogP contribution in [0.3, 0.4) is 0 Å². The van der Waals surface area contributed by atoms with Crippen LogP contribution in [0.4, 0.5) is 0 Å². The molecule has 1 aromatic carbocycles. The summed E-state index contributed by atoms with van der Waals surface area (Å²) in [6.07, 6.45) is 3.90. The highest BCUT2D eigenvalue weighted by Crippen LogP contribution is 2.16. The number of imidazole rings is 1. The number of benzene rings is 1. The fraction of sp³-hybridized carbons (Fsp3) is 0.188. The van der Waals surface area contributed by atoms with Crippen LogP contribution in [0, 0.1) is 0 Å². The van der Waals surface area contributed by atoms with E-state index in [1.54, 1.807) is 11.3 Å². The minimum Gasteiger partial charge on any atom is -0.330 e. The van der Waals surface area contributed by atoms with Crippen molar-refractivity contribution in [3.63, 3.8) is 0 Å². The van der Waals surface area contributed by atoms with E-state index in [-0.39, 0.29) is 0 Å². The fourth-order valence-electron chi connectivity index (χ4n) is 2.16. The van der Waals surface area contributed by atoms with Crippen molar-refractivity contribution < 1.29 is 0 Å². The second-order valence-corrected chi connectivity index (χ2v) is 5.60. The van der Waals surface area contributed by atoms with Gasteiger partial charge >= 0.3 is 0 Å². The molecular weight excluding hydrogens is 266 g/mol. The second-order valence-electron chi connectivity index (χ2n) is 4.57. The third-order valence-electron chi connectivity index (χ3n) is 3.16. The van der Waals surface area contributed by atoms with Crippen LogP contribution in [0.2, 0.25) is 0 Å². The van der Waals surface area contributed by atoms with Gasteiger partial charge in [-0.25, -0.2) is 4.98 Å². The maximum atomic E-state index is 4.45. The number of rotatable bonds is 6. The first kappa shape index (κ1) is 13.1. The van der Waals surface area contributed by atoms with Gasteiger partial charge in [-0.1, -0.05) is 36.4 Å². The predicted molar refractivity (Wildman–Crippen MR) is 83.7 cm³/mol. The number of hydrogen-bond acceptors (Lipinski definition) is 3. The number of nitrogens with zero attached hydrogens (tertiary/aromatic N) is 2. The highest BCUT2D eigenvalue weighted by molar-refractivity contribution is 7.09. The van der Waals surface area contributed by atoms with Gasteiger partial charge in [0.1, 0.15) is 5.82 Å². The monoisotopic (exact) mass is 283 g/mol. The SMILES string of the molecule is c1ccc(-c2nccn2CCNCc2cccs2)cc1. The Morgan fingerprint density at radius 1 is 1.10 bits per heavy atom. The van der Waals surface area contributed by atoms with E-state index in [2.05, 4.69) is 44.5 Å². The van der Waals surface area contributed by atoms with Crippen molar-refractivity contribution in [2.24, 2.45) is 0 Å². The van der Waals surface area contributed by atoms with Gasteiger partial charge in [0, 0.05) is 42.5 Å². The standard InChI is InChI=1S/C16H17N3S/c1-2-5-14(6-3-1)16-18-9-11-19(16)10-8-17-13-15-7-4-12-20-15/h1-7,9,11-12,17H,8,10,13H2. The lowest BCUT2D eigenvalue weighted by molar-refractivity contribution is 0.604. The molecule has 0 radical (unpaired) electrons. The van der Waals surface area contributed by atoms with Crippen LogP contribution >= 0.6 is 11.3 Å². The second kappa shape index (κ2) is 6.50. The Morgan fingerprint density at radius 2 is 2.00 bits per heavy atom. The molecule has 20 heavy (non-hydrogen) atoms. The topological polar surface area (TPSA) is 29.9 Å². The van der Waals surface area contributed by atoms with Crippen LogP contribution in [0.1, 0.15) is 4.88 Å². The molecule has 2 heterocycles. The van der Waals surface area contributed by atoms with E-state index in [1.807, 2.05) is 30.6 Å². The molecule has 102 valence electrons. The van der Waals surface area contributed by atoms with Crippen molar-refractivity contribution in [3.8, 4) is 11.4 Å². The number of aromatic nitrogens is 2. The largest absolute Gasteiger partial charge is 0.330 e. The van der Waals surface area contributed by atoms with Crippen molar-refractivity contribution >= 4 is 11.3 Å². The molecule has 0 amide bonds. The third kappa shape index (κ3) is 3.15. The van der Waals surface area contributed by atoms with Crippen LogP contribution < -0.4 is 5.32 Å². The number of thiophene rings is 1. The summed E-state index contributed by atoms with van der Waals surface area (Å²) in [4.78, 5) is 5.83. The Kier molecular flexibility index (Phi) is 4.25. The normalized spacial score (nSPS) is 10.8. The van der Waals surface area contributed by atoms with Crippen LogP contribution in [0.5, 0.6) is 0 Å². The Bertz CT molecular complexity index is 629. The van der Waals surface area contributed by atoms with Crippen LogP contribution in [-0.4, -0.2) is 16.1 Å². The molecule has 0 spiro atoms. The molecule has 0 unspecified atom stereocenters. The lowest BCUT2D eigenvalue weighted by Gasteiger charge is -2.08. The first-order valence-corrected chi connectivity index (χ1v) is 7.61. The van der Waals surface area contributed by atoms with Crippen LogP contribution in [-0.2, 0) is 13.1 Å². The van der Waals surface area contributed by atoms with Gasteiger partial charge in [-0.05, 0) is 11.4 Å². The Hall–Kier alpha value is -1.91. The van der Waals surface area contributed by atoms with E-state index < -0.39 is 0 Å². The van der Waals surface area contributed by atoms with Crippen LogP contribution in [0.15, 0.2) is 60.2 Å². The summed E-state index contributed by atoms with van der Waals surface area (Å²) in [6.45, 7) is 2.80. The molecule has 0 saturated carbocycles. The Balaban J connectivity index is 1.57. The Morgan fingerprint density at radius 3 is 2.80 bits per heavy atom. The molecular formula is C16H17N3S. The molecule has 0 atom stereocenters. The van der Waals surface area contributed by atoms with Crippen LogP contribution in [0.25, 0.3) is 11.4 Å². The highest BCUT2D eigenvalue weighted by Gasteiger charge is 2.04. The average Bonchev–Trinajstić information content (AvgIpc) is 3.16. The number of hydrogen-bond donors (Lipinski definition) is 1. The lowest BCUT2D eigenvalue weighted by atomic mass is 10.2. The van der Waals surface area contributed by atoms with E-state index in [4.69, 9.17) is 0 Å². The summed E-state index contributed by atoms with van der Waals surface area (Å²) < 4.78 is 2.19. The van der Waals surface area contributed by atoms with Gasteiger partial charge in [-0.2, -0.15) is 0 Å². The maximum absolute atomic E-state index is 4.45. The van der Waals surface area contributed by atoms with Gasteiger partial charge in [0.05, 0.1) is 0 Å². The quantitative estimate of drug-likeness (QED) is 0.703. The van der Waals surface area contributed by atoms with Gasteiger partial charge < -0.3 is 9.88 Å². The summed E-state index contributed by atoms with van der Waals surface area (Å²) in [6, 6.07) is 14.6. The van der Waals surface area contributed by atoms with Crippen molar-refractivity contribution in [2.45, 2.75) is 13.1 Å². The molecule has 0 aliphatic carbocycles. The van der Waals surface area contributed by atoms with Gasteiger partial charge in [0.15, 0.2) is 0 Å². The molecule has 0 aliphatic rings. The lowest BCUT2D eigenvalue weighted by Crippen LogP contribution is -2.19. The fourth-order valence-corrected chi connectivity index (χ4v) is 2.84. The molecule has 3 aromatic rings. The zero-order valence-electron chi connectivity index (χ0n) is 11.2. The third-order valence-corrected chi connectivity index (χ3v) is 4.03. The molecule has 3 nitrogen and oxygen atoms in total. The van der Waals surface area contributed by atoms with Gasteiger partial charge in [-0.15, -0.1) is 11.3 Å². The summed E-state index contributed by atoms with van der Waals surface area (Å²) in [5.41, 5.74) is 1.16. The zero-order chi connectivity index (χ0) is 13.6. The summed E-state index contributed by atoms with van der Waals surface area (Å²) in [5.74, 6) is 1.03. The summed E-state index contributed by atoms with van der Waals surface area (Å²) in [7, 11) is 0. The Labute approximate surface area is 122 Å². The summed E-state index contributed by atoms with van der Waals surface area (Å²) in [5, 5.41) is 5.58. The molecule has 0 bridgehead atoms. The highest BCUT2D eigenvalue weighted by atomic mass is 32.1. The van der Waals surface area contributed by atoms with E-state index in [0.29, 0.717) is 0 Å². The molecule has 0 fully saturated rings. The van der Waals surface area contributed by atoms with E-state index in [1.165, 1.54) is 4.88 Å². The van der Waals surface area contributed by atoms with E-state index >= 15 is 0 Å². The minimum atomic E-state index is 0.926. The van der Waals surface area contributed by atoms with Crippen molar-refractivity contribution in [3.05, 3.63) is 65.1 Å². The van der Waals surface area contributed by atoms with Crippen molar-refractivity contribution in [1.82, 2.24) is 14.9 Å². The molecule has 1 N–H and O–H groups in total.